The van der Waals surface area contributed by atoms with Gasteiger partial charge in [0.25, 0.3) is 0 Å². The molecule has 106 valence electrons. The molecule has 3 nitrogen and oxygen atoms in total. The minimum atomic E-state index is -0.152. The maximum atomic E-state index is 6.41. The Labute approximate surface area is 120 Å². The topological polar surface area (TPSA) is 38.5 Å². The largest absolute Gasteiger partial charge is 0.369 e. The molecule has 1 heterocycles. The molecule has 1 aliphatic heterocycles. The number of nitrogens with zero attached hydrogens (tertiary/aromatic N) is 1. The van der Waals surface area contributed by atoms with Gasteiger partial charge in [0.15, 0.2) is 0 Å². The van der Waals surface area contributed by atoms with Crippen molar-refractivity contribution in [3.63, 3.8) is 0 Å². The Morgan fingerprint density at radius 1 is 1.47 bits per heavy atom. The van der Waals surface area contributed by atoms with Crippen molar-refractivity contribution in [3.05, 3.63) is 28.8 Å². The summed E-state index contributed by atoms with van der Waals surface area (Å²) in [5.41, 5.74) is 7.86. The highest BCUT2D eigenvalue weighted by molar-refractivity contribution is 6.33. The van der Waals surface area contributed by atoms with Crippen LogP contribution in [0, 0.1) is 0 Å². The van der Waals surface area contributed by atoms with Crippen molar-refractivity contribution in [1.82, 2.24) is 0 Å². The van der Waals surface area contributed by atoms with Gasteiger partial charge in [-0.25, -0.2) is 0 Å². The molecule has 1 aromatic carbocycles. The maximum Gasteiger partial charge on any atom is 0.0805 e. The Morgan fingerprint density at radius 3 is 2.68 bits per heavy atom. The van der Waals surface area contributed by atoms with Crippen LogP contribution in [0.25, 0.3) is 0 Å². The first-order chi connectivity index (χ1) is 8.78. The molecule has 2 atom stereocenters. The third-order valence-electron chi connectivity index (χ3n) is 3.41. The Hall–Kier alpha value is -0.770. The van der Waals surface area contributed by atoms with Gasteiger partial charge in [-0.15, -0.1) is 0 Å². The van der Waals surface area contributed by atoms with Gasteiger partial charge in [-0.1, -0.05) is 17.7 Å². The molecular formula is C15H23ClN2O. The molecule has 0 aromatic heterocycles. The lowest BCUT2D eigenvalue weighted by Crippen LogP contribution is -2.52. The standard InChI is InChI=1S/C15H23ClN2O/c1-10-8-18(9-15(3,4)19-10)14-6-5-12(11(2)17)7-13(14)16/h5-7,10-11H,8-9,17H2,1-4H3/t10?,11-/m0/s1. The fourth-order valence-electron chi connectivity index (χ4n) is 2.70. The normalized spacial score (nSPS) is 24.3. The number of rotatable bonds is 2. The molecule has 4 heteroatoms. The van der Waals surface area contributed by atoms with E-state index in [0.29, 0.717) is 0 Å². The van der Waals surface area contributed by atoms with E-state index >= 15 is 0 Å². The van der Waals surface area contributed by atoms with E-state index < -0.39 is 0 Å². The number of hydrogen-bond donors (Lipinski definition) is 1. The number of nitrogens with two attached hydrogens (primary N) is 1. The van der Waals surface area contributed by atoms with Crippen molar-refractivity contribution in [2.24, 2.45) is 5.73 Å². The van der Waals surface area contributed by atoms with Crippen LogP contribution in [-0.4, -0.2) is 24.8 Å². The van der Waals surface area contributed by atoms with Crippen molar-refractivity contribution in [2.75, 3.05) is 18.0 Å². The fraction of sp³-hybridized carbons (Fsp3) is 0.600. The summed E-state index contributed by atoms with van der Waals surface area (Å²) < 4.78 is 5.92. The summed E-state index contributed by atoms with van der Waals surface area (Å²) in [5.74, 6) is 0. The van der Waals surface area contributed by atoms with Gasteiger partial charge in [-0.3, -0.25) is 0 Å². The lowest BCUT2D eigenvalue weighted by molar-refractivity contribution is -0.0749. The molecule has 0 aliphatic carbocycles. The van der Waals surface area contributed by atoms with Crippen LogP contribution in [0.3, 0.4) is 0 Å². The molecule has 2 N–H and O–H groups in total. The minimum Gasteiger partial charge on any atom is -0.369 e. The summed E-state index contributed by atoms with van der Waals surface area (Å²) in [4.78, 5) is 2.29. The third-order valence-corrected chi connectivity index (χ3v) is 3.71. The molecule has 0 radical (unpaired) electrons. The summed E-state index contributed by atoms with van der Waals surface area (Å²) in [6, 6.07) is 6.09. The van der Waals surface area contributed by atoms with Crippen molar-refractivity contribution < 1.29 is 4.74 Å². The van der Waals surface area contributed by atoms with Crippen LogP contribution >= 0.6 is 11.6 Å². The van der Waals surface area contributed by atoms with Crippen molar-refractivity contribution >= 4 is 17.3 Å². The average molecular weight is 283 g/mol. The van der Waals surface area contributed by atoms with Crippen molar-refractivity contribution in [2.45, 2.75) is 45.4 Å². The molecule has 1 aromatic rings. The molecule has 0 spiro atoms. The number of halogens is 1. The Bertz CT molecular complexity index is 459. The zero-order chi connectivity index (χ0) is 14.2. The summed E-state index contributed by atoms with van der Waals surface area (Å²) in [5, 5.41) is 0.764. The second kappa shape index (κ2) is 5.31. The van der Waals surface area contributed by atoms with Gasteiger partial charge in [-0.05, 0) is 45.4 Å². The van der Waals surface area contributed by atoms with Crippen LogP contribution in [0.4, 0.5) is 5.69 Å². The average Bonchev–Trinajstić information content (AvgIpc) is 2.25. The fourth-order valence-corrected chi connectivity index (χ4v) is 3.01. The van der Waals surface area contributed by atoms with Gasteiger partial charge in [0, 0.05) is 19.1 Å². The van der Waals surface area contributed by atoms with Crippen LogP contribution in [0.2, 0.25) is 5.02 Å². The summed E-state index contributed by atoms with van der Waals surface area (Å²) in [6.07, 6.45) is 0.202. The number of benzene rings is 1. The molecule has 19 heavy (non-hydrogen) atoms. The van der Waals surface area contributed by atoms with E-state index in [2.05, 4.69) is 37.8 Å². The number of ether oxygens (including phenoxy) is 1. The van der Waals surface area contributed by atoms with Crippen LogP contribution in [0.1, 0.15) is 39.3 Å². The van der Waals surface area contributed by atoms with E-state index in [4.69, 9.17) is 22.1 Å². The van der Waals surface area contributed by atoms with Crippen LogP contribution in [-0.2, 0) is 4.74 Å². The highest BCUT2D eigenvalue weighted by Gasteiger charge is 2.32. The van der Waals surface area contributed by atoms with Gasteiger partial charge in [0.1, 0.15) is 0 Å². The lowest BCUT2D eigenvalue weighted by atomic mass is 10.0. The highest BCUT2D eigenvalue weighted by atomic mass is 35.5. The third kappa shape index (κ3) is 3.41. The molecule has 1 fully saturated rings. The molecule has 0 saturated carbocycles. The quantitative estimate of drug-likeness (QED) is 0.904. The van der Waals surface area contributed by atoms with E-state index in [1.807, 2.05) is 13.0 Å². The van der Waals surface area contributed by atoms with Gasteiger partial charge in [-0.2, -0.15) is 0 Å². The predicted octanol–water partition coefficient (Wildman–Crippen LogP) is 3.36. The van der Waals surface area contributed by atoms with E-state index in [-0.39, 0.29) is 17.7 Å². The van der Waals surface area contributed by atoms with E-state index in [1.54, 1.807) is 0 Å². The molecule has 2 rings (SSSR count). The zero-order valence-electron chi connectivity index (χ0n) is 12.1. The van der Waals surface area contributed by atoms with E-state index in [0.717, 1.165) is 29.4 Å². The van der Waals surface area contributed by atoms with Crippen molar-refractivity contribution in [1.29, 1.82) is 0 Å². The summed E-state index contributed by atoms with van der Waals surface area (Å²) in [6.45, 7) is 9.98. The van der Waals surface area contributed by atoms with Crippen LogP contribution < -0.4 is 10.6 Å². The molecular weight excluding hydrogens is 260 g/mol. The molecule has 0 bridgehead atoms. The first-order valence-electron chi connectivity index (χ1n) is 6.76. The first kappa shape index (κ1) is 14.6. The smallest absolute Gasteiger partial charge is 0.0805 e. The summed E-state index contributed by atoms with van der Waals surface area (Å²) >= 11 is 6.41. The molecule has 1 saturated heterocycles. The van der Waals surface area contributed by atoms with Gasteiger partial charge < -0.3 is 15.4 Å². The minimum absolute atomic E-state index is 0.00611. The zero-order valence-corrected chi connectivity index (χ0v) is 12.9. The molecule has 1 aliphatic rings. The predicted molar refractivity (Wildman–Crippen MR) is 80.9 cm³/mol. The number of hydrogen-bond acceptors (Lipinski definition) is 3. The summed E-state index contributed by atoms with van der Waals surface area (Å²) in [7, 11) is 0. The van der Waals surface area contributed by atoms with E-state index in [9.17, 15) is 0 Å². The van der Waals surface area contributed by atoms with Gasteiger partial charge in [0.05, 0.1) is 22.4 Å². The second-order valence-electron chi connectivity index (χ2n) is 6.07. The maximum absolute atomic E-state index is 6.41. The molecule has 0 amide bonds. The molecule has 1 unspecified atom stereocenters. The van der Waals surface area contributed by atoms with Gasteiger partial charge >= 0.3 is 0 Å². The lowest BCUT2D eigenvalue weighted by Gasteiger charge is -2.43. The first-order valence-corrected chi connectivity index (χ1v) is 7.14. The van der Waals surface area contributed by atoms with Gasteiger partial charge in [0.2, 0.25) is 0 Å². The van der Waals surface area contributed by atoms with Crippen LogP contribution in [0.5, 0.6) is 0 Å². The van der Waals surface area contributed by atoms with Crippen LogP contribution in [0.15, 0.2) is 18.2 Å². The monoisotopic (exact) mass is 282 g/mol. The number of anilines is 1. The second-order valence-corrected chi connectivity index (χ2v) is 6.48. The Kier molecular flexibility index (Phi) is 4.09. The Morgan fingerprint density at radius 2 is 2.16 bits per heavy atom. The number of morpholine rings is 1. The SMILES string of the molecule is CC1CN(c2ccc([C@H](C)N)cc2Cl)CC(C)(C)O1. The van der Waals surface area contributed by atoms with E-state index in [1.165, 1.54) is 0 Å². The highest BCUT2D eigenvalue weighted by Crippen LogP contribution is 2.32. The van der Waals surface area contributed by atoms with Crippen molar-refractivity contribution in [3.8, 4) is 0 Å². The Balaban J connectivity index is 2.26.